The normalized spacial score (nSPS) is 19.9. The molecule has 0 saturated carbocycles. The molecule has 1 heterocycles. The molecule has 5 heteroatoms. The van der Waals surface area contributed by atoms with E-state index < -0.39 is 5.82 Å². The summed E-state index contributed by atoms with van der Waals surface area (Å²) >= 11 is 3.24. The van der Waals surface area contributed by atoms with Gasteiger partial charge in [0.05, 0.1) is 5.56 Å². The highest BCUT2D eigenvalue weighted by molar-refractivity contribution is 9.10. The molecule has 98 valence electrons. The largest absolute Gasteiger partial charge is 0.337 e. The molecule has 1 aromatic carbocycles. The lowest BCUT2D eigenvalue weighted by atomic mass is 10.0. The van der Waals surface area contributed by atoms with Crippen LogP contribution in [-0.4, -0.2) is 37.0 Å². The van der Waals surface area contributed by atoms with Crippen LogP contribution in [0.15, 0.2) is 22.7 Å². The van der Waals surface area contributed by atoms with Gasteiger partial charge in [0.1, 0.15) is 5.82 Å². The molecule has 1 aromatic rings. The summed E-state index contributed by atoms with van der Waals surface area (Å²) < 4.78 is 14.3. The highest BCUT2D eigenvalue weighted by Gasteiger charge is 2.26. The summed E-state index contributed by atoms with van der Waals surface area (Å²) in [6, 6.07) is 4.89. The van der Waals surface area contributed by atoms with E-state index in [0.29, 0.717) is 23.6 Å². The smallest absolute Gasteiger partial charge is 0.258 e. The van der Waals surface area contributed by atoms with Gasteiger partial charge in [0.2, 0.25) is 0 Å². The number of rotatable bonds is 2. The maximum Gasteiger partial charge on any atom is 0.258 e. The highest BCUT2D eigenvalue weighted by Crippen LogP contribution is 2.23. The van der Waals surface area contributed by atoms with E-state index in [0.717, 1.165) is 12.8 Å². The zero-order valence-electron chi connectivity index (χ0n) is 10.2. The Balaban J connectivity index is 2.20. The first kappa shape index (κ1) is 13.5. The van der Waals surface area contributed by atoms with Crippen LogP contribution in [0, 0.1) is 5.82 Å². The van der Waals surface area contributed by atoms with Gasteiger partial charge in [-0.1, -0.05) is 6.07 Å². The SMILES string of the molecule is CN[C@H]1CCCN(C(=O)c2c(F)cccc2Br)C1. The van der Waals surface area contributed by atoms with Crippen LogP contribution < -0.4 is 5.32 Å². The van der Waals surface area contributed by atoms with Gasteiger partial charge in [-0.3, -0.25) is 4.79 Å². The minimum Gasteiger partial charge on any atom is -0.337 e. The van der Waals surface area contributed by atoms with E-state index in [1.807, 2.05) is 7.05 Å². The van der Waals surface area contributed by atoms with Crippen molar-refractivity contribution in [2.45, 2.75) is 18.9 Å². The molecule has 1 saturated heterocycles. The lowest BCUT2D eigenvalue weighted by Gasteiger charge is -2.32. The van der Waals surface area contributed by atoms with Gasteiger partial charge in [0.15, 0.2) is 0 Å². The van der Waals surface area contributed by atoms with Gasteiger partial charge in [-0.15, -0.1) is 0 Å². The molecule has 2 rings (SSSR count). The molecule has 1 aliphatic heterocycles. The first-order chi connectivity index (χ1) is 8.63. The van der Waals surface area contributed by atoms with Crippen LogP contribution >= 0.6 is 15.9 Å². The van der Waals surface area contributed by atoms with Gasteiger partial charge in [-0.25, -0.2) is 4.39 Å². The van der Waals surface area contributed by atoms with Crippen LogP contribution in [0.1, 0.15) is 23.2 Å². The highest BCUT2D eigenvalue weighted by atomic mass is 79.9. The number of halogens is 2. The molecule has 0 bridgehead atoms. The number of hydrogen-bond acceptors (Lipinski definition) is 2. The predicted octanol–water partition coefficient (Wildman–Crippen LogP) is 2.41. The molecule has 1 fully saturated rings. The monoisotopic (exact) mass is 314 g/mol. The zero-order valence-corrected chi connectivity index (χ0v) is 11.8. The fourth-order valence-electron chi connectivity index (χ4n) is 2.26. The first-order valence-corrected chi connectivity index (χ1v) is 6.83. The third-order valence-corrected chi connectivity index (χ3v) is 3.95. The Labute approximate surface area is 114 Å². The van der Waals surface area contributed by atoms with Crippen LogP contribution in [0.2, 0.25) is 0 Å². The maximum absolute atomic E-state index is 13.7. The van der Waals surface area contributed by atoms with Gasteiger partial charge >= 0.3 is 0 Å². The van der Waals surface area contributed by atoms with E-state index in [1.54, 1.807) is 17.0 Å². The van der Waals surface area contributed by atoms with Crippen molar-refractivity contribution in [1.29, 1.82) is 0 Å². The number of likely N-dealkylation sites (N-methyl/N-ethyl adjacent to an activating group) is 1. The van der Waals surface area contributed by atoms with Crippen molar-refractivity contribution in [3.8, 4) is 0 Å². The predicted molar refractivity (Wildman–Crippen MR) is 72.1 cm³/mol. The second-order valence-electron chi connectivity index (χ2n) is 4.48. The Hall–Kier alpha value is -0.940. The Kier molecular flexibility index (Phi) is 4.35. The maximum atomic E-state index is 13.7. The minimum atomic E-state index is -0.471. The third kappa shape index (κ3) is 2.72. The second kappa shape index (κ2) is 5.80. The number of likely N-dealkylation sites (tertiary alicyclic amines) is 1. The fourth-order valence-corrected chi connectivity index (χ4v) is 2.77. The molecule has 1 atom stereocenters. The molecule has 1 N–H and O–H groups in total. The van der Waals surface area contributed by atoms with E-state index in [-0.39, 0.29) is 11.5 Å². The van der Waals surface area contributed by atoms with Crippen molar-refractivity contribution in [3.05, 3.63) is 34.1 Å². The average molecular weight is 315 g/mol. The Morgan fingerprint density at radius 2 is 2.33 bits per heavy atom. The molecule has 0 aromatic heterocycles. The standard InChI is InChI=1S/C13H16BrFN2O/c1-16-9-4-3-7-17(8-9)13(18)12-10(14)5-2-6-11(12)15/h2,5-6,9,16H,3-4,7-8H2,1H3/t9-/m0/s1. The summed E-state index contributed by atoms with van der Waals surface area (Å²) in [5, 5.41) is 3.17. The van der Waals surface area contributed by atoms with Gasteiger partial charge in [-0.05, 0) is 48.0 Å². The van der Waals surface area contributed by atoms with Gasteiger partial charge in [0, 0.05) is 23.6 Å². The second-order valence-corrected chi connectivity index (χ2v) is 5.33. The molecular weight excluding hydrogens is 299 g/mol. The molecule has 0 spiro atoms. The zero-order chi connectivity index (χ0) is 13.1. The van der Waals surface area contributed by atoms with Crippen LogP contribution in [-0.2, 0) is 0 Å². The van der Waals surface area contributed by atoms with E-state index >= 15 is 0 Å². The van der Waals surface area contributed by atoms with Gasteiger partial charge in [-0.2, -0.15) is 0 Å². The van der Waals surface area contributed by atoms with Crippen molar-refractivity contribution < 1.29 is 9.18 Å². The van der Waals surface area contributed by atoms with Crippen molar-refractivity contribution in [3.63, 3.8) is 0 Å². The van der Waals surface area contributed by atoms with Crippen LogP contribution in [0.25, 0.3) is 0 Å². The summed E-state index contributed by atoms with van der Waals surface area (Å²) in [5.41, 5.74) is 0.134. The van der Waals surface area contributed by atoms with Crippen LogP contribution in [0.4, 0.5) is 4.39 Å². The number of benzene rings is 1. The number of hydrogen-bond donors (Lipinski definition) is 1. The summed E-state index contributed by atoms with van der Waals surface area (Å²) in [4.78, 5) is 14.0. The lowest BCUT2D eigenvalue weighted by molar-refractivity contribution is 0.0692. The molecular formula is C13H16BrFN2O. The number of piperidine rings is 1. The molecule has 0 radical (unpaired) electrons. The average Bonchev–Trinajstić information content (AvgIpc) is 2.38. The van der Waals surface area contributed by atoms with Gasteiger partial charge in [0.25, 0.3) is 5.91 Å². The van der Waals surface area contributed by atoms with E-state index in [1.165, 1.54) is 6.07 Å². The summed E-state index contributed by atoms with van der Waals surface area (Å²) in [7, 11) is 1.89. The number of nitrogens with one attached hydrogen (secondary N) is 1. The van der Waals surface area contributed by atoms with Crippen molar-refractivity contribution in [2.24, 2.45) is 0 Å². The van der Waals surface area contributed by atoms with Gasteiger partial charge < -0.3 is 10.2 Å². The molecule has 0 aliphatic carbocycles. The Morgan fingerprint density at radius 3 is 3.00 bits per heavy atom. The summed E-state index contributed by atoms with van der Waals surface area (Å²) in [6.07, 6.45) is 2.00. The quantitative estimate of drug-likeness (QED) is 0.909. The molecule has 18 heavy (non-hydrogen) atoms. The van der Waals surface area contributed by atoms with Crippen molar-refractivity contribution in [2.75, 3.05) is 20.1 Å². The summed E-state index contributed by atoms with van der Waals surface area (Å²) in [5.74, 6) is -0.708. The summed E-state index contributed by atoms with van der Waals surface area (Å²) in [6.45, 7) is 1.33. The minimum absolute atomic E-state index is 0.134. The lowest BCUT2D eigenvalue weighted by Crippen LogP contribution is -2.47. The number of carbonyl (C=O) groups excluding carboxylic acids is 1. The number of amides is 1. The fraction of sp³-hybridized carbons (Fsp3) is 0.462. The molecule has 3 nitrogen and oxygen atoms in total. The molecule has 1 amide bonds. The van der Waals surface area contributed by atoms with Crippen LogP contribution in [0.3, 0.4) is 0 Å². The van der Waals surface area contributed by atoms with E-state index in [9.17, 15) is 9.18 Å². The molecule has 0 unspecified atom stereocenters. The van der Waals surface area contributed by atoms with E-state index in [4.69, 9.17) is 0 Å². The molecule has 1 aliphatic rings. The topological polar surface area (TPSA) is 32.3 Å². The first-order valence-electron chi connectivity index (χ1n) is 6.04. The van der Waals surface area contributed by atoms with E-state index in [2.05, 4.69) is 21.2 Å². The number of carbonyl (C=O) groups is 1. The van der Waals surface area contributed by atoms with Crippen molar-refractivity contribution >= 4 is 21.8 Å². The van der Waals surface area contributed by atoms with Crippen molar-refractivity contribution in [1.82, 2.24) is 10.2 Å². The Bertz CT molecular complexity index is 432. The van der Waals surface area contributed by atoms with Crippen LogP contribution in [0.5, 0.6) is 0 Å². The number of nitrogens with zero attached hydrogens (tertiary/aromatic N) is 1. The Morgan fingerprint density at radius 1 is 1.56 bits per heavy atom. The third-order valence-electron chi connectivity index (χ3n) is 3.29.